The molecule has 0 aliphatic rings. The first-order chi connectivity index (χ1) is 12.9. The van der Waals surface area contributed by atoms with Crippen LogP contribution in [0.25, 0.3) is 0 Å². The van der Waals surface area contributed by atoms with Crippen LogP contribution in [0.15, 0.2) is 0 Å². The summed E-state index contributed by atoms with van der Waals surface area (Å²) < 4.78 is 5.93. The first-order valence-corrected chi connectivity index (χ1v) is 10.2. The Bertz CT molecular complexity index is 547. The second-order valence-electron chi connectivity index (χ2n) is 8.39. The van der Waals surface area contributed by atoms with Crippen LogP contribution in [0.5, 0.6) is 0 Å². The standard InChI is InChI=1S/C20H36N2O5S/c1-8-9-16(24)22(14-23)27-18(25)19(4,5)11-13-26-20(6,7)10-12-21-17(28)15(2)3/h14-15H,8-13H2,1-7H3,(H,21,28). The van der Waals surface area contributed by atoms with Crippen LogP contribution >= 0.6 is 12.2 Å². The molecular weight excluding hydrogens is 380 g/mol. The molecule has 0 aliphatic heterocycles. The molecule has 0 atom stereocenters. The maximum atomic E-state index is 12.4. The minimum Gasteiger partial charge on any atom is -0.379 e. The Labute approximate surface area is 174 Å². The molecule has 0 aromatic heterocycles. The maximum absolute atomic E-state index is 12.4. The zero-order valence-electron chi connectivity index (χ0n) is 18.3. The van der Waals surface area contributed by atoms with Gasteiger partial charge >= 0.3 is 5.97 Å². The molecule has 0 unspecified atom stereocenters. The molecule has 2 amide bonds. The predicted octanol–water partition coefficient (Wildman–Crippen LogP) is 3.40. The van der Waals surface area contributed by atoms with E-state index in [4.69, 9.17) is 21.8 Å². The third-order valence-corrected chi connectivity index (χ3v) is 4.93. The fourth-order valence-corrected chi connectivity index (χ4v) is 2.22. The number of hydrogen-bond acceptors (Lipinski definition) is 6. The highest BCUT2D eigenvalue weighted by Gasteiger charge is 2.33. The molecule has 162 valence electrons. The van der Waals surface area contributed by atoms with Crippen LogP contribution in [0, 0.1) is 11.3 Å². The van der Waals surface area contributed by atoms with Crippen molar-refractivity contribution in [2.75, 3.05) is 13.2 Å². The third-order valence-electron chi connectivity index (χ3n) is 4.31. The van der Waals surface area contributed by atoms with Gasteiger partial charge in [-0.1, -0.05) is 33.0 Å². The Morgan fingerprint density at radius 3 is 2.29 bits per heavy atom. The first-order valence-electron chi connectivity index (χ1n) is 9.77. The van der Waals surface area contributed by atoms with E-state index in [-0.39, 0.29) is 18.4 Å². The Morgan fingerprint density at radius 1 is 1.18 bits per heavy atom. The molecule has 0 heterocycles. The van der Waals surface area contributed by atoms with Crippen LogP contribution in [-0.2, 0) is 24.0 Å². The third kappa shape index (κ3) is 10.1. The summed E-state index contributed by atoms with van der Waals surface area (Å²) >= 11 is 5.25. The monoisotopic (exact) mass is 416 g/mol. The molecule has 0 radical (unpaired) electrons. The fraction of sp³-hybridized carbons (Fsp3) is 0.800. The molecule has 0 aliphatic carbocycles. The largest absolute Gasteiger partial charge is 0.379 e. The zero-order chi connectivity index (χ0) is 22.0. The minimum absolute atomic E-state index is 0.137. The van der Waals surface area contributed by atoms with Gasteiger partial charge in [-0.3, -0.25) is 9.59 Å². The van der Waals surface area contributed by atoms with Crippen molar-refractivity contribution in [3.8, 4) is 0 Å². The van der Waals surface area contributed by atoms with Gasteiger partial charge in [0.05, 0.1) is 16.0 Å². The zero-order valence-corrected chi connectivity index (χ0v) is 19.1. The van der Waals surface area contributed by atoms with E-state index in [1.165, 1.54) is 0 Å². The van der Waals surface area contributed by atoms with Gasteiger partial charge in [0.2, 0.25) is 0 Å². The number of nitrogens with zero attached hydrogens (tertiary/aromatic N) is 1. The summed E-state index contributed by atoms with van der Waals surface area (Å²) in [6, 6.07) is 0. The van der Waals surface area contributed by atoms with E-state index in [9.17, 15) is 14.4 Å². The van der Waals surface area contributed by atoms with Crippen molar-refractivity contribution in [2.24, 2.45) is 11.3 Å². The fourth-order valence-electron chi connectivity index (χ4n) is 2.12. The van der Waals surface area contributed by atoms with E-state index in [1.54, 1.807) is 20.8 Å². The number of imide groups is 1. The molecule has 0 saturated heterocycles. The smallest absolute Gasteiger partial charge is 0.338 e. The quantitative estimate of drug-likeness (QED) is 0.296. The number of hydrogen-bond donors (Lipinski definition) is 1. The normalized spacial score (nSPS) is 11.9. The SMILES string of the molecule is CCCC(=O)N(C=O)OC(=O)C(C)(C)CCOC(C)(C)CCNC(=S)C(C)C. The number of carbonyl (C=O) groups is 3. The Hall–Kier alpha value is -1.54. The highest BCUT2D eigenvalue weighted by molar-refractivity contribution is 7.80. The summed E-state index contributed by atoms with van der Waals surface area (Å²) in [5, 5.41) is 3.69. The summed E-state index contributed by atoms with van der Waals surface area (Å²) in [7, 11) is 0. The Morgan fingerprint density at radius 2 is 1.79 bits per heavy atom. The van der Waals surface area contributed by atoms with Crippen LogP contribution in [-0.4, -0.2) is 47.1 Å². The van der Waals surface area contributed by atoms with Crippen molar-refractivity contribution in [2.45, 2.75) is 79.8 Å². The van der Waals surface area contributed by atoms with Crippen molar-refractivity contribution in [3.63, 3.8) is 0 Å². The molecule has 7 nitrogen and oxygen atoms in total. The lowest BCUT2D eigenvalue weighted by Gasteiger charge is -2.29. The van der Waals surface area contributed by atoms with Crippen molar-refractivity contribution in [3.05, 3.63) is 0 Å². The number of amides is 2. The van der Waals surface area contributed by atoms with Gasteiger partial charge in [0.15, 0.2) is 0 Å². The molecule has 0 aromatic rings. The van der Waals surface area contributed by atoms with E-state index >= 15 is 0 Å². The average Bonchev–Trinajstić information content (AvgIpc) is 2.58. The predicted molar refractivity (Wildman–Crippen MR) is 112 cm³/mol. The topological polar surface area (TPSA) is 84.9 Å². The Balaban J connectivity index is 4.49. The average molecular weight is 417 g/mol. The lowest BCUT2D eigenvalue weighted by molar-refractivity contribution is -0.204. The minimum atomic E-state index is -0.901. The van der Waals surface area contributed by atoms with Crippen LogP contribution in [0.2, 0.25) is 0 Å². The van der Waals surface area contributed by atoms with Gasteiger partial charge < -0.3 is 14.9 Å². The van der Waals surface area contributed by atoms with Crippen LogP contribution in [0.1, 0.15) is 74.1 Å². The van der Waals surface area contributed by atoms with Crippen LogP contribution < -0.4 is 5.32 Å². The molecule has 0 bridgehead atoms. The van der Waals surface area contributed by atoms with Crippen molar-refractivity contribution in [1.29, 1.82) is 0 Å². The number of thiocarbonyl (C=S) groups is 1. The Kier molecular flexibility index (Phi) is 11.4. The molecule has 8 heteroatoms. The first kappa shape index (κ1) is 26.5. The van der Waals surface area contributed by atoms with Gasteiger partial charge in [-0.05, 0) is 47.0 Å². The highest BCUT2D eigenvalue weighted by atomic mass is 32.1. The number of rotatable bonds is 12. The van der Waals surface area contributed by atoms with Crippen molar-refractivity contribution < 1.29 is 24.0 Å². The van der Waals surface area contributed by atoms with Crippen LogP contribution in [0.3, 0.4) is 0 Å². The number of hydroxylamine groups is 2. The van der Waals surface area contributed by atoms with Gasteiger partial charge in [-0.15, -0.1) is 5.06 Å². The summed E-state index contributed by atoms with van der Waals surface area (Å²) in [4.78, 5) is 40.9. The van der Waals surface area contributed by atoms with E-state index in [1.807, 2.05) is 27.7 Å². The molecule has 0 aromatic carbocycles. The molecule has 28 heavy (non-hydrogen) atoms. The van der Waals surface area contributed by atoms with Gasteiger partial charge in [-0.25, -0.2) is 4.79 Å². The summed E-state index contributed by atoms with van der Waals surface area (Å²) in [6.45, 7) is 14.3. The summed E-state index contributed by atoms with van der Waals surface area (Å²) in [6.07, 6.45) is 2.07. The number of nitrogens with one attached hydrogen (secondary N) is 1. The molecule has 0 spiro atoms. The molecular formula is C20H36N2O5S. The second kappa shape index (κ2) is 12.1. The number of carbonyl (C=O) groups excluding carboxylic acids is 3. The van der Waals surface area contributed by atoms with E-state index in [2.05, 4.69) is 5.32 Å². The molecule has 0 fully saturated rings. The summed E-state index contributed by atoms with van der Waals surface area (Å²) in [5.41, 5.74) is -1.28. The van der Waals surface area contributed by atoms with Gasteiger partial charge in [0, 0.05) is 25.5 Å². The van der Waals surface area contributed by atoms with E-state index < -0.39 is 17.3 Å². The van der Waals surface area contributed by atoms with Crippen molar-refractivity contribution in [1.82, 2.24) is 10.4 Å². The van der Waals surface area contributed by atoms with Gasteiger partial charge in [-0.2, -0.15) is 0 Å². The lowest BCUT2D eigenvalue weighted by atomic mass is 9.90. The highest BCUT2D eigenvalue weighted by Crippen LogP contribution is 2.25. The maximum Gasteiger partial charge on any atom is 0.338 e. The van der Waals surface area contributed by atoms with E-state index in [0.717, 1.165) is 11.4 Å². The van der Waals surface area contributed by atoms with Gasteiger partial charge in [0.25, 0.3) is 12.3 Å². The summed E-state index contributed by atoms with van der Waals surface area (Å²) in [5.74, 6) is -0.874. The molecule has 0 saturated carbocycles. The second-order valence-corrected chi connectivity index (χ2v) is 8.83. The van der Waals surface area contributed by atoms with E-state index in [0.29, 0.717) is 37.0 Å². The molecule has 0 rings (SSSR count). The molecule has 1 N–H and O–H groups in total. The van der Waals surface area contributed by atoms with Gasteiger partial charge in [0.1, 0.15) is 0 Å². The lowest BCUT2D eigenvalue weighted by Crippen LogP contribution is -2.39. The van der Waals surface area contributed by atoms with Crippen LogP contribution in [0.4, 0.5) is 0 Å². The number of ether oxygens (including phenoxy) is 1. The van der Waals surface area contributed by atoms with Crippen molar-refractivity contribution >= 4 is 35.5 Å².